The number of anilines is 2. The first kappa shape index (κ1) is 16.9. The van der Waals surface area contributed by atoms with Crippen molar-refractivity contribution < 1.29 is 9.53 Å². The van der Waals surface area contributed by atoms with Gasteiger partial charge in [0.25, 0.3) is 5.91 Å². The highest BCUT2D eigenvalue weighted by Gasteiger charge is 2.14. The second-order valence-corrected chi connectivity index (χ2v) is 5.29. The van der Waals surface area contributed by atoms with Gasteiger partial charge in [-0.1, -0.05) is 0 Å². The Morgan fingerprint density at radius 1 is 1.19 bits per heavy atom. The molecule has 0 atom stereocenters. The van der Waals surface area contributed by atoms with Crippen molar-refractivity contribution >= 4 is 17.4 Å². The Morgan fingerprint density at radius 2 is 2.00 bits per heavy atom. The third-order valence-corrected chi connectivity index (χ3v) is 3.49. The van der Waals surface area contributed by atoms with Gasteiger partial charge >= 0.3 is 0 Å². The third-order valence-electron chi connectivity index (χ3n) is 3.49. The van der Waals surface area contributed by atoms with Crippen LogP contribution < -0.4 is 15.8 Å². The van der Waals surface area contributed by atoms with Crippen LogP contribution in [0.4, 0.5) is 11.5 Å². The summed E-state index contributed by atoms with van der Waals surface area (Å²) < 4.78 is 5.66. The Balaban J connectivity index is 1.79. The van der Waals surface area contributed by atoms with E-state index in [0.29, 0.717) is 17.0 Å². The van der Waals surface area contributed by atoms with Crippen LogP contribution in [0.1, 0.15) is 21.6 Å². The highest BCUT2D eigenvalue weighted by Crippen LogP contribution is 2.27. The molecule has 3 N–H and O–H groups in total. The second-order valence-electron chi connectivity index (χ2n) is 5.29. The zero-order chi connectivity index (χ0) is 18.5. The number of nitrogen functional groups attached to an aromatic ring is 1. The largest absolute Gasteiger partial charge is 0.438 e. The number of ether oxygens (including phenoxy) is 1. The molecular formula is C18H14N6O2. The van der Waals surface area contributed by atoms with Gasteiger partial charge in [0.2, 0.25) is 5.88 Å². The van der Waals surface area contributed by atoms with Gasteiger partial charge in [-0.2, -0.15) is 5.26 Å². The molecule has 8 heteroatoms. The van der Waals surface area contributed by atoms with Crippen LogP contribution in [0, 0.1) is 18.3 Å². The molecule has 2 heterocycles. The number of nitriles is 1. The lowest BCUT2D eigenvalue weighted by atomic mass is 10.2. The monoisotopic (exact) mass is 346 g/mol. The van der Waals surface area contributed by atoms with Crippen LogP contribution in [-0.4, -0.2) is 20.9 Å². The van der Waals surface area contributed by atoms with Crippen molar-refractivity contribution in [2.45, 2.75) is 6.92 Å². The Morgan fingerprint density at radius 3 is 2.73 bits per heavy atom. The summed E-state index contributed by atoms with van der Waals surface area (Å²) in [7, 11) is 0. The molecule has 3 rings (SSSR count). The summed E-state index contributed by atoms with van der Waals surface area (Å²) >= 11 is 0. The van der Waals surface area contributed by atoms with Gasteiger partial charge in [-0.15, -0.1) is 0 Å². The lowest BCUT2D eigenvalue weighted by Gasteiger charge is -2.11. The van der Waals surface area contributed by atoms with Crippen molar-refractivity contribution in [3.63, 3.8) is 0 Å². The zero-order valence-electron chi connectivity index (χ0n) is 13.8. The van der Waals surface area contributed by atoms with Gasteiger partial charge in [0, 0.05) is 24.3 Å². The van der Waals surface area contributed by atoms with Crippen LogP contribution in [0.3, 0.4) is 0 Å². The summed E-state index contributed by atoms with van der Waals surface area (Å²) in [5.74, 6) is 0.318. The summed E-state index contributed by atoms with van der Waals surface area (Å²) in [6.45, 7) is 1.81. The smallest absolute Gasteiger partial charge is 0.278 e. The molecule has 0 unspecified atom stereocenters. The van der Waals surface area contributed by atoms with E-state index in [1.807, 2.05) is 13.0 Å². The van der Waals surface area contributed by atoms with Crippen molar-refractivity contribution in [3.05, 3.63) is 65.7 Å². The summed E-state index contributed by atoms with van der Waals surface area (Å²) in [5.41, 5.74) is 7.39. The normalized spacial score (nSPS) is 10.0. The fraction of sp³-hybridized carbons (Fsp3) is 0.0556. The Kier molecular flexibility index (Phi) is 4.71. The van der Waals surface area contributed by atoms with Gasteiger partial charge in [0.1, 0.15) is 17.4 Å². The van der Waals surface area contributed by atoms with E-state index < -0.39 is 5.91 Å². The number of hydrogen-bond acceptors (Lipinski definition) is 7. The minimum Gasteiger partial charge on any atom is -0.438 e. The molecule has 0 aliphatic heterocycles. The molecule has 8 nitrogen and oxygen atoms in total. The summed E-state index contributed by atoms with van der Waals surface area (Å²) in [4.78, 5) is 24.1. The van der Waals surface area contributed by atoms with Crippen LogP contribution in [0.2, 0.25) is 0 Å². The maximum atomic E-state index is 12.3. The summed E-state index contributed by atoms with van der Waals surface area (Å²) in [6.07, 6.45) is 4.36. The maximum Gasteiger partial charge on any atom is 0.278 e. The van der Waals surface area contributed by atoms with Crippen LogP contribution >= 0.6 is 0 Å². The second kappa shape index (κ2) is 7.27. The number of carbonyl (C=O) groups excluding carboxylic acids is 1. The van der Waals surface area contributed by atoms with E-state index >= 15 is 0 Å². The fourth-order valence-corrected chi connectivity index (χ4v) is 2.21. The number of aromatic nitrogens is 3. The van der Waals surface area contributed by atoms with Gasteiger partial charge in [-0.3, -0.25) is 4.79 Å². The number of carbonyl (C=O) groups is 1. The standard InChI is InChI=1S/C18H14N6O2/c1-11-9-13(26-18-12(10-19)3-2-6-23-18)4-5-14(11)24-17(25)15-16(20)22-8-7-21-15/h2-9H,1H3,(H2,20,22)(H,24,25). The number of hydrogen-bond donors (Lipinski definition) is 2. The SMILES string of the molecule is Cc1cc(Oc2ncccc2C#N)ccc1NC(=O)c1nccnc1N. The zero-order valence-corrected chi connectivity index (χ0v) is 13.8. The Hall–Kier alpha value is -3.99. The molecule has 0 saturated carbocycles. The molecular weight excluding hydrogens is 332 g/mol. The van der Waals surface area contributed by atoms with E-state index in [4.69, 9.17) is 15.7 Å². The molecule has 0 aliphatic carbocycles. The minimum atomic E-state index is -0.455. The van der Waals surface area contributed by atoms with Crippen LogP contribution in [0.25, 0.3) is 0 Å². The maximum absolute atomic E-state index is 12.3. The number of nitrogens with two attached hydrogens (primary N) is 1. The molecule has 0 spiro atoms. The van der Waals surface area contributed by atoms with Crippen LogP contribution in [-0.2, 0) is 0 Å². The van der Waals surface area contributed by atoms with E-state index in [0.717, 1.165) is 5.56 Å². The number of rotatable bonds is 4. The van der Waals surface area contributed by atoms with Gasteiger partial charge in [-0.25, -0.2) is 15.0 Å². The van der Waals surface area contributed by atoms with E-state index in [-0.39, 0.29) is 17.4 Å². The van der Waals surface area contributed by atoms with Gasteiger partial charge in [0.15, 0.2) is 11.5 Å². The molecule has 0 saturated heterocycles. The van der Waals surface area contributed by atoms with Crippen molar-refractivity contribution in [1.82, 2.24) is 15.0 Å². The molecule has 0 radical (unpaired) electrons. The highest BCUT2D eigenvalue weighted by atomic mass is 16.5. The summed E-state index contributed by atoms with van der Waals surface area (Å²) in [6, 6.07) is 10.4. The predicted molar refractivity (Wildman–Crippen MR) is 94.6 cm³/mol. The van der Waals surface area contributed by atoms with Crippen molar-refractivity contribution in [2.24, 2.45) is 0 Å². The molecule has 1 amide bonds. The summed E-state index contributed by atoms with van der Waals surface area (Å²) in [5, 5.41) is 11.8. The molecule has 128 valence electrons. The Bertz CT molecular complexity index is 1010. The number of pyridine rings is 1. The molecule has 0 aliphatic rings. The lowest BCUT2D eigenvalue weighted by molar-refractivity contribution is 0.102. The number of benzene rings is 1. The van der Waals surface area contributed by atoms with E-state index in [1.54, 1.807) is 36.5 Å². The first-order valence-corrected chi connectivity index (χ1v) is 7.60. The quantitative estimate of drug-likeness (QED) is 0.743. The molecule has 0 bridgehead atoms. The Labute approximate surface area is 149 Å². The first-order valence-electron chi connectivity index (χ1n) is 7.60. The van der Waals surface area contributed by atoms with Crippen LogP contribution in [0.5, 0.6) is 11.6 Å². The molecule has 26 heavy (non-hydrogen) atoms. The van der Waals surface area contributed by atoms with Crippen molar-refractivity contribution in [2.75, 3.05) is 11.1 Å². The predicted octanol–water partition coefficient (Wildman–Crippen LogP) is 2.68. The number of aryl methyl sites for hydroxylation is 1. The molecule has 3 aromatic rings. The van der Waals surface area contributed by atoms with E-state index in [2.05, 4.69) is 20.3 Å². The highest BCUT2D eigenvalue weighted by molar-refractivity contribution is 6.05. The molecule has 1 aromatic carbocycles. The van der Waals surface area contributed by atoms with E-state index in [9.17, 15) is 4.79 Å². The topological polar surface area (TPSA) is 127 Å². The van der Waals surface area contributed by atoms with Crippen LogP contribution in [0.15, 0.2) is 48.9 Å². The average Bonchev–Trinajstić information content (AvgIpc) is 2.64. The fourth-order valence-electron chi connectivity index (χ4n) is 2.21. The lowest BCUT2D eigenvalue weighted by Crippen LogP contribution is -2.17. The number of nitrogens with one attached hydrogen (secondary N) is 1. The van der Waals surface area contributed by atoms with Crippen molar-refractivity contribution in [1.29, 1.82) is 5.26 Å². The van der Waals surface area contributed by atoms with Crippen molar-refractivity contribution in [3.8, 4) is 17.7 Å². The molecule has 0 fully saturated rings. The molecule has 2 aromatic heterocycles. The van der Waals surface area contributed by atoms with Gasteiger partial charge in [0.05, 0.1) is 0 Å². The number of nitrogens with zero attached hydrogens (tertiary/aromatic N) is 4. The minimum absolute atomic E-state index is 0.0550. The average molecular weight is 346 g/mol. The van der Waals surface area contributed by atoms with Gasteiger partial charge < -0.3 is 15.8 Å². The van der Waals surface area contributed by atoms with E-state index in [1.165, 1.54) is 12.4 Å². The third kappa shape index (κ3) is 3.57. The number of amides is 1. The first-order chi connectivity index (χ1) is 12.6. The van der Waals surface area contributed by atoms with Gasteiger partial charge in [-0.05, 0) is 42.8 Å².